The second-order valence-electron chi connectivity index (χ2n) is 9.61. The minimum Gasteiger partial charge on any atom is -0.480 e. The predicted octanol–water partition coefficient (Wildman–Crippen LogP) is 3.55. The Morgan fingerprint density at radius 2 is 1.97 bits per heavy atom. The lowest BCUT2D eigenvalue weighted by molar-refractivity contribution is -0.201. The smallest absolute Gasteiger partial charge is 0.425 e. The van der Waals surface area contributed by atoms with Crippen molar-refractivity contribution in [2.75, 3.05) is 6.54 Å². The number of nitrogens with zero attached hydrogens (tertiary/aromatic N) is 2. The molecule has 5 atom stereocenters. The molecule has 1 saturated carbocycles. The fraction of sp³-hybridized carbons (Fsp3) is 0.625. The van der Waals surface area contributed by atoms with Gasteiger partial charge in [0.1, 0.15) is 5.75 Å². The number of nitrogens with one attached hydrogen (secondary N) is 1. The maximum atomic E-state index is 13.4. The number of carbonyl (C=O) groups is 2. The number of hydrogen-bond donors (Lipinski definition) is 2. The number of guanidine groups is 1. The van der Waals surface area contributed by atoms with Gasteiger partial charge in [-0.3, -0.25) is 14.5 Å². The second-order valence-corrected chi connectivity index (χ2v) is 9.61. The molecule has 1 fully saturated rings. The van der Waals surface area contributed by atoms with E-state index >= 15 is 0 Å². The molecule has 186 valence electrons. The van der Waals surface area contributed by atoms with Gasteiger partial charge in [-0.05, 0) is 30.7 Å². The Bertz CT molecular complexity index is 992. The van der Waals surface area contributed by atoms with Crippen LogP contribution in [0.15, 0.2) is 29.3 Å². The standard InChI is InChI=1S/C24H31F3N4O3/c1-4-23(5-2)11-19(32)31(22(28)30-23)12-15-13(3)20(15)21(33)29-16-10-18(24(25,26)27)34-17-9-7-6-8-14(16)17/h6-9,13,15-16,18,20H,4-5,10-12H2,1-3H3,(H2,28,30)(H,29,33)/t13?,15-,16-,18?,20?/m0/s1. The molecular weight excluding hydrogens is 449 g/mol. The Balaban J connectivity index is 1.44. The van der Waals surface area contributed by atoms with Gasteiger partial charge >= 0.3 is 6.18 Å². The first kappa shape index (κ1) is 24.3. The number of benzene rings is 1. The summed E-state index contributed by atoms with van der Waals surface area (Å²) in [6.45, 7) is 6.12. The first-order valence-electron chi connectivity index (χ1n) is 11.8. The minimum absolute atomic E-state index is 0.0295. The van der Waals surface area contributed by atoms with Crippen LogP contribution >= 0.6 is 0 Å². The Labute approximate surface area is 196 Å². The van der Waals surface area contributed by atoms with Crippen molar-refractivity contribution in [2.45, 2.75) is 70.3 Å². The van der Waals surface area contributed by atoms with Crippen molar-refractivity contribution in [1.82, 2.24) is 10.2 Å². The van der Waals surface area contributed by atoms with Crippen LogP contribution in [0.3, 0.4) is 0 Å². The Morgan fingerprint density at radius 3 is 2.59 bits per heavy atom. The SMILES string of the molecule is CCC1(CC)CC(=O)N(C[C@H]2C(C)C2C(=O)N[C@H]2CC(C(F)(F)F)Oc3ccccc32)C(N)=N1. The third kappa shape index (κ3) is 4.46. The highest BCUT2D eigenvalue weighted by molar-refractivity contribution is 5.99. The maximum Gasteiger partial charge on any atom is 0.425 e. The largest absolute Gasteiger partial charge is 0.480 e. The number of carbonyl (C=O) groups excluding carboxylic acids is 2. The van der Waals surface area contributed by atoms with Gasteiger partial charge in [0, 0.05) is 24.4 Å². The molecule has 2 amide bonds. The molecular formula is C24H31F3N4O3. The van der Waals surface area contributed by atoms with Gasteiger partial charge in [0.25, 0.3) is 0 Å². The quantitative estimate of drug-likeness (QED) is 0.651. The summed E-state index contributed by atoms with van der Waals surface area (Å²) in [4.78, 5) is 31.9. The van der Waals surface area contributed by atoms with Gasteiger partial charge in [0.2, 0.25) is 11.8 Å². The molecule has 1 aromatic carbocycles. The van der Waals surface area contributed by atoms with Crippen molar-refractivity contribution in [3.8, 4) is 5.75 Å². The third-order valence-corrected chi connectivity index (χ3v) is 7.68. The van der Waals surface area contributed by atoms with Crippen LogP contribution in [0.1, 0.15) is 58.1 Å². The fourth-order valence-electron chi connectivity index (χ4n) is 5.19. The highest BCUT2D eigenvalue weighted by atomic mass is 19.4. The average Bonchev–Trinajstić information content (AvgIpc) is 3.44. The van der Waals surface area contributed by atoms with E-state index in [2.05, 4.69) is 10.3 Å². The summed E-state index contributed by atoms with van der Waals surface area (Å²) >= 11 is 0. The summed E-state index contributed by atoms with van der Waals surface area (Å²) in [5, 5.41) is 2.81. The van der Waals surface area contributed by atoms with E-state index in [1.165, 1.54) is 11.0 Å². The van der Waals surface area contributed by atoms with Crippen LogP contribution in [0.2, 0.25) is 0 Å². The first-order chi connectivity index (χ1) is 16.0. The van der Waals surface area contributed by atoms with Gasteiger partial charge in [-0.2, -0.15) is 13.2 Å². The maximum absolute atomic E-state index is 13.4. The first-order valence-corrected chi connectivity index (χ1v) is 11.8. The molecule has 4 rings (SSSR count). The van der Waals surface area contributed by atoms with E-state index in [4.69, 9.17) is 10.5 Å². The lowest BCUT2D eigenvalue weighted by atomic mass is 9.88. The number of halogens is 3. The number of hydrogen-bond acceptors (Lipinski definition) is 5. The molecule has 3 N–H and O–H groups in total. The average molecular weight is 481 g/mol. The molecule has 2 heterocycles. The Morgan fingerprint density at radius 1 is 1.29 bits per heavy atom. The van der Waals surface area contributed by atoms with Crippen LogP contribution < -0.4 is 15.8 Å². The molecule has 3 unspecified atom stereocenters. The molecule has 10 heteroatoms. The molecule has 0 spiro atoms. The van der Waals surface area contributed by atoms with Crippen LogP contribution in [0.5, 0.6) is 5.75 Å². The summed E-state index contributed by atoms with van der Waals surface area (Å²) in [7, 11) is 0. The van der Waals surface area contributed by atoms with Gasteiger partial charge in [0.15, 0.2) is 12.1 Å². The lowest BCUT2D eigenvalue weighted by Crippen LogP contribution is -2.52. The third-order valence-electron chi connectivity index (χ3n) is 7.68. The zero-order valence-corrected chi connectivity index (χ0v) is 19.6. The topological polar surface area (TPSA) is 97.0 Å². The summed E-state index contributed by atoms with van der Waals surface area (Å²) < 4.78 is 45.3. The second kappa shape index (κ2) is 8.78. The number of para-hydroxylation sites is 1. The van der Waals surface area contributed by atoms with Gasteiger partial charge in [-0.1, -0.05) is 39.0 Å². The van der Waals surface area contributed by atoms with Crippen molar-refractivity contribution in [1.29, 1.82) is 0 Å². The molecule has 34 heavy (non-hydrogen) atoms. The van der Waals surface area contributed by atoms with E-state index in [-0.39, 0.29) is 48.3 Å². The summed E-state index contributed by atoms with van der Waals surface area (Å²) in [5.41, 5.74) is 6.18. The molecule has 1 aliphatic carbocycles. The van der Waals surface area contributed by atoms with Gasteiger partial charge < -0.3 is 15.8 Å². The molecule has 1 aromatic rings. The van der Waals surface area contributed by atoms with Gasteiger partial charge in [-0.25, -0.2) is 4.99 Å². The molecule has 0 aromatic heterocycles. The van der Waals surface area contributed by atoms with Gasteiger partial charge in [-0.15, -0.1) is 0 Å². The van der Waals surface area contributed by atoms with Crippen LogP contribution in [0.4, 0.5) is 13.2 Å². The van der Waals surface area contributed by atoms with E-state index in [9.17, 15) is 22.8 Å². The Hall–Kier alpha value is -2.78. The molecule has 0 radical (unpaired) electrons. The van der Waals surface area contributed by atoms with Crippen molar-refractivity contribution < 1.29 is 27.5 Å². The Kier molecular flexibility index (Phi) is 6.29. The monoisotopic (exact) mass is 480 g/mol. The molecule has 0 bridgehead atoms. The van der Waals surface area contributed by atoms with E-state index in [0.717, 1.165) is 0 Å². The van der Waals surface area contributed by atoms with Crippen molar-refractivity contribution in [3.05, 3.63) is 29.8 Å². The van der Waals surface area contributed by atoms with E-state index < -0.39 is 36.2 Å². The predicted molar refractivity (Wildman–Crippen MR) is 120 cm³/mol. The van der Waals surface area contributed by atoms with Crippen molar-refractivity contribution in [3.63, 3.8) is 0 Å². The van der Waals surface area contributed by atoms with Crippen molar-refractivity contribution in [2.24, 2.45) is 28.5 Å². The molecule has 3 aliphatic rings. The van der Waals surface area contributed by atoms with E-state index in [0.29, 0.717) is 18.4 Å². The molecule has 2 aliphatic heterocycles. The zero-order chi connectivity index (χ0) is 24.8. The number of fused-ring (bicyclic) bond motifs is 1. The van der Waals surface area contributed by atoms with Crippen LogP contribution in [-0.2, 0) is 9.59 Å². The van der Waals surface area contributed by atoms with Gasteiger partial charge in [0.05, 0.1) is 18.0 Å². The number of ether oxygens (including phenoxy) is 1. The summed E-state index contributed by atoms with van der Waals surface area (Å²) in [6.07, 6.45) is -5.22. The van der Waals surface area contributed by atoms with E-state index in [1.54, 1.807) is 18.2 Å². The number of nitrogens with two attached hydrogens (primary N) is 1. The normalized spacial score (nSPS) is 30.2. The highest BCUT2D eigenvalue weighted by Crippen LogP contribution is 2.48. The highest BCUT2D eigenvalue weighted by Gasteiger charge is 2.54. The molecule has 0 saturated heterocycles. The summed E-state index contributed by atoms with van der Waals surface area (Å²) in [6, 6.07) is 5.64. The van der Waals surface area contributed by atoms with Crippen molar-refractivity contribution >= 4 is 17.8 Å². The summed E-state index contributed by atoms with van der Waals surface area (Å²) in [5.74, 6) is -0.717. The molecule has 7 nitrogen and oxygen atoms in total. The van der Waals surface area contributed by atoms with Crippen LogP contribution in [0, 0.1) is 17.8 Å². The number of rotatable bonds is 6. The van der Waals surface area contributed by atoms with Crippen LogP contribution in [-0.4, -0.2) is 47.0 Å². The van der Waals surface area contributed by atoms with E-state index in [1.807, 2.05) is 20.8 Å². The van der Waals surface area contributed by atoms with Crippen LogP contribution in [0.25, 0.3) is 0 Å². The lowest BCUT2D eigenvalue weighted by Gasteiger charge is -2.36. The zero-order valence-electron chi connectivity index (χ0n) is 19.6. The minimum atomic E-state index is -4.54. The fourth-order valence-corrected chi connectivity index (χ4v) is 5.19. The number of amides is 2. The number of aliphatic imine (C=N–C) groups is 1. The number of alkyl halides is 3.